The Morgan fingerprint density at radius 2 is 2.00 bits per heavy atom. The fraction of sp³-hybridized carbons (Fsp3) is 0.286. The van der Waals surface area contributed by atoms with Gasteiger partial charge in [0.2, 0.25) is 0 Å². The van der Waals surface area contributed by atoms with E-state index in [4.69, 9.17) is 9.78 Å². The summed E-state index contributed by atoms with van der Waals surface area (Å²) in [7, 11) is 0. The van der Waals surface area contributed by atoms with E-state index < -0.39 is 0 Å². The van der Waals surface area contributed by atoms with Crippen molar-refractivity contribution in [1.82, 2.24) is 5.16 Å². The molecule has 0 atom stereocenters. The molecule has 0 radical (unpaired) electrons. The van der Waals surface area contributed by atoms with Crippen LogP contribution in [0.3, 0.4) is 0 Å². The predicted molar refractivity (Wildman–Crippen MR) is 71.0 cm³/mol. The van der Waals surface area contributed by atoms with E-state index in [0.717, 1.165) is 18.4 Å². The van der Waals surface area contributed by atoms with Gasteiger partial charge in [0.1, 0.15) is 10.5 Å². The summed E-state index contributed by atoms with van der Waals surface area (Å²) in [5.74, 6) is 0.639. The summed E-state index contributed by atoms with van der Waals surface area (Å²) in [5.41, 5.74) is 4.10. The SMILES string of the molecule is N#Cc1noc(-c2ccc3c(c2)CCCC3)c1Br. The zero-order chi connectivity index (χ0) is 12.5. The summed E-state index contributed by atoms with van der Waals surface area (Å²) in [6.45, 7) is 0. The van der Waals surface area contributed by atoms with Crippen molar-refractivity contribution in [2.24, 2.45) is 0 Å². The Kier molecular flexibility index (Phi) is 2.92. The molecule has 1 aliphatic rings. The molecule has 1 heterocycles. The first-order valence-electron chi connectivity index (χ1n) is 5.97. The highest BCUT2D eigenvalue weighted by molar-refractivity contribution is 9.10. The first-order valence-corrected chi connectivity index (χ1v) is 6.76. The van der Waals surface area contributed by atoms with Crippen LogP contribution in [0, 0.1) is 11.3 Å². The number of nitrogens with zero attached hydrogens (tertiary/aromatic N) is 2. The zero-order valence-corrected chi connectivity index (χ0v) is 11.3. The van der Waals surface area contributed by atoms with Crippen LogP contribution in [0.1, 0.15) is 29.7 Å². The van der Waals surface area contributed by atoms with Crippen molar-refractivity contribution in [2.45, 2.75) is 25.7 Å². The second kappa shape index (κ2) is 4.58. The highest BCUT2D eigenvalue weighted by Crippen LogP contribution is 2.33. The normalized spacial score (nSPS) is 14.0. The fourth-order valence-electron chi connectivity index (χ4n) is 2.40. The molecule has 1 aliphatic carbocycles. The van der Waals surface area contributed by atoms with Crippen LogP contribution >= 0.6 is 15.9 Å². The standard InChI is InChI=1S/C14H11BrN2O/c15-13-12(8-16)17-18-14(13)11-6-5-9-3-1-2-4-10(9)7-11/h5-7H,1-4H2. The Bertz CT molecular complexity index is 640. The van der Waals surface area contributed by atoms with Gasteiger partial charge in [-0.25, -0.2) is 0 Å². The van der Waals surface area contributed by atoms with Crippen molar-refractivity contribution in [3.8, 4) is 17.4 Å². The first kappa shape index (κ1) is 11.5. The number of hydrogen-bond acceptors (Lipinski definition) is 3. The van der Waals surface area contributed by atoms with E-state index in [9.17, 15) is 0 Å². The van der Waals surface area contributed by atoms with Crippen LogP contribution in [-0.2, 0) is 12.8 Å². The highest BCUT2D eigenvalue weighted by Gasteiger charge is 2.17. The monoisotopic (exact) mass is 302 g/mol. The third-order valence-corrected chi connectivity index (χ3v) is 4.09. The summed E-state index contributed by atoms with van der Waals surface area (Å²) < 4.78 is 5.88. The first-order chi connectivity index (χ1) is 8.79. The summed E-state index contributed by atoms with van der Waals surface area (Å²) in [4.78, 5) is 0. The van der Waals surface area contributed by atoms with E-state index in [1.165, 1.54) is 24.0 Å². The van der Waals surface area contributed by atoms with Gasteiger partial charge in [0.05, 0.1) is 0 Å². The molecule has 18 heavy (non-hydrogen) atoms. The number of aromatic nitrogens is 1. The number of nitriles is 1. The van der Waals surface area contributed by atoms with Gasteiger partial charge in [-0.1, -0.05) is 17.3 Å². The molecule has 0 bridgehead atoms. The Morgan fingerprint density at radius 1 is 1.22 bits per heavy atom. The van der Waals surface area contributed by atoms with Gasteiger partial charge in [0, 0.05) is 5.56 Å². The topological polar surface area (TPSA) is 49.8 Å². The molecule has 0 N–H and O–H groups in total. The van der Waals surface area contributed by atoms with Crippen molar-refractivity contribution in [3.05, 3.63) is 39.5 Å². The average Bonchev–Trinajstić information content (AvgIpc) is 2.79. The van der Waals surface area contributed by atoms with Crippen LogP contribution < -0.4 is 0 Å². The van der Waals surface area contributed by atoms with Gasteiger partial charge in [-0.15, -0.1) is 0 Å². The van der Waals surface area contributed by atoms with Crippen LogP contribution in [0.25, 0.3) is 11.3 Å². The van der Waals surface area contributed by atoms with Crippen molar-refractivity contribution >= 4 is 15.9 Å². The molecular weight excluding hydrogens is 292 g/mol. The van der Waals surface area contributed by atoms with Crippen LogP contribution in [-0.4, -0.2) is 5.16 Å². The third kappa shape index (κ3) is 1.85. The number of rotatable bonds is 1. The molecule has 1 aromatic heterocycles. The van der Waals surface area contributed by atoms with Gasteiger partial charge in [0.25, 0.3) is 0 Å². The lowest BCUT2D eigenvalue weighted by Gasteiger charge is -2.15. The number of halogens is 1. The van der Waals surface area contributed by atoms with E-state index in [0.29, 0.717) is 15.9 Å². The molecule has 3 rings (SSSR count). The number of hydrogen-bond donors (Lipinski definition) is 0. The third-order valence-electron chi connectivity index (χ3n) is 3.35. The number of aryl methyl sites for hydroxylation is 2. The molecule has 0 spiro atoms. The smallest absolute Gasteiger partial charge is 0.198 e. The molecule has 4 heteroatoms. The molecule has 3 nitrogen and oxygen atoms in total. The minimum Gasteiger partial charge on any atom is -0.354 e. The lowest BCUT2D eigenvalue weighted by atomic mass is 9.90. The van der Waals surface area contributed by atoms with Gasteiger partial charge in [-0.3, -0.25) is 0 Å². The van der Waals surface area contributed by atoms with Crippen molar-refractivity contribution in [2.75, 3.05) is 0 Å². The second-order valence-corrected chi connectivity index (χ2v) is 5.27. The van der Waals surface area contributed by atoms with Crippen molar-refractivity contribution in [1.29, 1.82) is 5.26 Å². The zero-order valence-electron chi connectivity index (χ0n) is 9.74. The largest absolute Gasteiger partial charge is 0.354 e. The molecule has 90 valence electrons. The Morgan fingerprint density at radius 3 is 2.72 bits per heavy atom. The van der Waals surface area contributed by atoms with Crippen LogP contribution in [0.5, 0.6) is 0 Å². The molecular formula is C14H11BrN2O. The second-order valence-electron chi connectivity index (χ2n) is 4.48. The molecule has 0 saturated heterocycles. The summed E-state index contributed by atoms with van der Waals surface area (Å²) in [6, 6.07) is 8.35. The lowest BCUT2D eigenvalue weighted by Crippen LogP contribution is -2.02. The fourth-order valence-corrected chi connectivity index (χ4v) is 2.86. The van der Waals surface area contributed by atoms with E-state index >= 15 is 0 Å². The highest BCUT2D eigenvalue weighted by atomic mass is 79.9. The van der Waals surface area contributed by atoms with E-state index in [-0.39, 0.29) is 0 Å². The minimum absolute atomic E-state index is 0.294. The maximum Gasteiger partial charge on any atom is 0.198 e. The van der Waals surface area contributed by atoms with Gasteiger partial charge in [-0.05, 0) is 58.8 Å². The minimum atomic E-state index is 0.294. The summed E-state index contributed by atoms with van der Waals surface area (Å²) in [5, 5.41) is 12.6. The quantitative estimate of drug-likeness (QED) is 0.804. The maximum atomic E-state index is 8.87. The average molecular weight is 303 g/mol. The van der Waals surface area contributed by atoms with Gasteiger partial charge >= 0.3 is 0 Å². The molecule has 0 unspecified atom stereocenters. The van der Waals surface area contributed by atoms with Crippen molar-refractivity contribution < 1.29 is 4.52 Å². The summed E-state index contributed by atoms with van der Waals surface area (Å²) >= 11 is 3.37. The Labute approximate surface area is 114 Å². The maximum absolute atomic E-state index is 8.87. The molecule has 0 aliphatic heterocycles. The van der Waals surface area contributed by atoms with E-state index in [1.54, 1.807) is 0 Å². The van der Waals surface area contributed by atoms with Crippen molar-refractivity contribution in [3.63, 3.8) is 0 Å². The molecule has 1 aromatic carbocycles. The Hall–Kier alpha value is -1.60. The molecule has 0 fully saturated rings. The predicted octanol–water partition coefficient (Wildman–Crippen LogP) is 3.85. The number of benzene rings is 1. The van der Waals surface area contributed by atoms with Gasteiger partial charge in [-0.2, -0.15) is 5.26 Å². The van der Waals surface area contributed by atoms with Gasteiger partial charge < -0.3 is 4.52 Å². The molecule has 0 amide bonds. The Balaban J connectivity index is 2.07. The molecule has 2 aromatic rings. The van der Waals surface area contributed by atoms with Crippen LogP contribution in [0.15, 0.2) is 27.2 Å². The lowest BCUT2D eigenvalue weighted by molar-refractivity contribution is 0.429. The summed E-state index contributed by atoms with van der Waals surface area (Å²) in [6.07, 6.45) is 4.81. The van der Waals surface area contributed by atoms with E-state index in [2.05, 4.69) is 33.2 Å². The van der Waals surface area contributed by atoms with E-state index in [1.807, 2.05) is 12.1 Å². The van der Waals surface area contributed by atoms with Crippen LogP contribution in [0.4, 0.5) is 0 Å². The van der Waals surface area contributed by atoms with Gasteiger partial charge in [0.15, 0.2) is 11.5 Å². The number of fused-ring (bicyclic) bond motifs is 1. The molecule has 0 saturated carbocycles. The van der Waals surface area contributed by atoms with Crippen LogP contribution in [0.2, 0.25) is 0 Å².